The number of aliphatic hydroxyl groups excluding tert-OH is 2. The molecule has 0 aromatic heterocycles. The Labute approximate surface area is 468 Å². The van der Waals surface area contributed by atoms with Crippen molar-refractivity contribution in [2.24, 2.45) is 0 Å². The number of hydrogen-bond acceptors (Lipinski definition) is 5. The zero-order valence-electron chi connectivity index (χ0n) is 50.5. The third kappa shape index (κ3) is 61.2. The highest BCUT2D eigenvalue weighted by Crippen LogP contribution is 2.18. The van der Waals surface area contributed by atoms with E-state index in [1.165, 1.54) is 283 Å². The van der Waals surface area contributed by atoms with Crippen LogP contribution in [-0.2, 0) is 14.3 Å². The number of allylic oxidation sites excluding steroid dienone is 5. The van der Waals surface area contributed by atoms with Crippen LogP contribution in [0.25, 0.3) is 0 Å². The van der Waals surface area contributed by atoms with Gasteiger partial charge in [0.2, 0.25) is 5.91 Å². The molecular weight excluding hydrogens is 923 g/mol. The molecule has 3 N–H and O–H groups in total. The fourth-order valence-corrected chi connectivity index (χ4v) is 10.5. The molecule has 6 heteroatoms. The maximum Gasteiger partial charge on any atom is 0.305 e. The summed E-state index contributed by atoms with van der Waals surface area (Å²) in [5.41, 5.74) is 0. The number of esters is 1. The maximum absolute atomic E-state index is 12.5. The highest BCUT2D eigenvalue weighted by Gasteiger charge is 2.20. The van der Waals surface area contributed by atoms with Crippen LogP contribution in [0.1, 0.15) is 367 Å². The van der Waals surface area contributed by atoms with Crippen LogP contribution < -0.4 is 5.32 Å². The van der Waals surface area contributed by atoms with Gasteiger partial charge in [0, 0.05) is 12.8 Å². The molecular formula is C69H131NO5. The molecule has 0 aromatic carbocycles. The minimum Gasteiger partial charge on any atom is -0.465 e. The molecule has 0 saturated carbocycles. The normalized spacial score (nSPS) is 12.7. The van der Waals surface area contributed by atoms with Crippen molar-refractivity contribution in [3.63, 3.8) is 0 Å². The number of hydrogen-bond donors (Lipinski definition) is 3. The molecule has 0 spiro atoms. The Morgan fingerprint density at radius 2 is 0.667 bits per heavy atom. The molecule has 0 heterocycles. The zero-order chi connectivity index (χ0) is 54.3. The molecule has 0 bridgehead atoms. The predicted octanol–water partition coefficient (Wildman–Crippen LogP) is 21.5. The fourth-order valence-electron chi connectivity index (χ4n) is 10.5. The molecule has 0 saturated heterocycles. The van der Waals surface area contributed by atoms with E-state index in [0.29, 0.717) is 25.9 Å². The Bertz CT molecular complexity index is 1210. The number of rotatable bonds is 63. The first-order valence-electron chi connectivity index (χ1n) is 33.7. The molecule has 0 rings (SSSR count). The van der Waals surface area contributed by atoms with Crippen molar-refractivity contribution < 1.29 is 24.5 Å². The van der Waals surface area contributed by atoms with Crippen molar-refractivity contribution in [1.82, 2.24) is 5.32 Å². The average Bonchev–Trinajstić information content (AvgIpc) is 3.41. The van der Waals surface area contributed by atoms with Gasteiger partial charge in [-0.3, -0.25) is 9.59 Å². The van der Waals surface area contributed by atoms with Crippen LogP contribution in [0.15, 0.2) is 36.5 Å². The number of amides is 1. The minimum absolute atomic E-state index is 0.0363. The number of carbonyl (C=O) groups is 2. The summed E-state index contributed by atoms with van der Waals surface area (Å²) in [7, 11) is 0. The van der Waals surface area contributed by atoms with Crippen LogP contribution in [0.4, 0.5) is 0 Å². The van der Waals surface area contributed by atoms with E-state index < -0.39 is 12.1 Å². The Balaban J connectivity index is 3.45. The number of unbranched alkanes of at least 4 members (excludes halogenated alkanes) is 46. The number of ether oxygens (including phenoxy) is 1. The van der Waals surface area contributed by atoms with Gasteiger partial charge in [0.1, 0.15) is 0 Å². The van der Waals surface area contributed by atoms with E-state index in [1.807, 2.05) is 0 Å². The third-order valence-corrected chi connectivity index (χ3v) is 15.7. The van der Waals surface area contributed by atoms with Crippen molar-refractivity contribution in [3.05, 3.63) is 36.5 Å². The molecule has 0 radical (unpaired) electrons. The van der Waals surface area contributed by atoms with Crippen LogP contribution in [0.5, 0.6) is 0 Å². The summed E-state index contributed by atoms with van der Waals surface area (Å²) in [4.78, 5) is 24.6. The Hall–Kier alpha value is -1.92. The smallest absolute Gasteiger partial charge is 0.305 e. The maximum atomic E-state index is 12.5. The van der Waals surface area contributed by atoms with Gasteiger partial charge in [-0.2, -0.15) is 0 Å². The van der Waals surface area contributed by atoms with E-state index in [2.05, 4.69) is 55.6 Å². The molecule has 1 amide bonds. The summed E-state index contributed by atoms with van der Waals surface area (Å²) in [6.45, 7) is 4.86. The minimum atomic E-state index is -0.670. The van der Waals surface area contributed by atoms with E-state index in [4.69, 9.17) is 4.74 Å². The molecule has 0 fully saturated rings. The summed E-state index contributed by atoms with van der Waals surface area (Å²) >= 11 is 0. The van der Waals surface area contributed by atoms with Crippen LogP contribution >= 0.6 is 0 Å². The lowest BCUT2D eigenvalue weighted by Crippen LogP contribution is -2.45. The largest absolute Gasteiger partial charge is 0.465 e. The van der Waals surface area contributed by atoms with Gasteiger partial charge in [-0.25, -0.2) is 0 Å². The van der Waals surface area contributed by atoms with Gasteiger partial charge in [-0.15, -0.1) is 0 Å². The van der Waals surface area contributed by atoms with Gasteiger partial charge in [-0.05, 0) is 70.6 Å². The van der Waals surface area contributed by atoms with Gasteiger partial charge in [-0.1, -0.05) is 320 Å². The van der Waals surface area contributed by atoms with Gasteiger partial charge in [0.25, 0.3) is 0 Å². The summed E-state index contributed by atoms with van der Waals surface area (Å²) < 4.78 is 5.42. The number of carbonyl (C=O) groups excluding carboxylic acids is 2. The van der Waals surface area contributed by atoms with E-state index in [1.54, 1.807) is 0 Å². The molecule has 0 aliphatic carbocycles. The molecule has 0 aliphatic heterocycles. The topological polar surface area (TPSA) is 95.9 Å². The monoisotopic (exact) mass is 1050 g/mol. The second-order valence-electron chi connectivity index (χ2n) is 23.1. The van der Waals surface area contributed by atoms with Gasteiger partial charge < -0.3 is 20.3 Å². The second-order valence-corrected chi connectivity index (χ2v) is 23.1. The molecule has 6 nitrogen and oxygen atoms in total. The van der Waals surface area contributed by atoms with Crippen LogP contribution in [-0.4, -0.2) is 47.4 Å². The van der Waals surface area contributed by atoms with E-state index in [-0.39, 0.29) is 18.5 Å². The summed E-state index contributed by atoms with van der Waals surface area (Å²) in [5.74, 6) is -0.0788. The van der Waals surface area contributed by atoms with Crippen molar-refractivity contribution in [3.8, 4) is 0 Å². The Kier molecular flexibility index (Phi) is 63.0. The summed E-state index contributed by atoms with van der Waals surface area (Å²) in [6.07, 6.45) is 81.9. The van der Waals surface area contributed by atoms with Crippen molar-refractivity contribution in [2.75, 3.05) is 13.2 Å². The lowest BCUT2D eigenvalue weighted by Gasteiger charge is -2.22. The van der Waals surface area contributed by atoms with Crippen molar-refractivity contribution >= 4 is 11.9 Å². The average molecular weight is 1050 g/mol. The first-order valence-corrected chi connectivity index (χ1v) is 33.7. The Morgan fingerprint density at radius 3 is 1.03 bits per heavy atom. The van der Waals surface area contributed by atoms with E-state index in [9.17, 15) is 19.8 Å². The first-order chi connectivity index (χ1) is 37.0. The lowest BCUT2D eigenvalue weighted by atomic mass is 10.0. The predicted molar refractivity (Wildman–Crippen MR) is 329 cm³/mol. The van der Waals surface area contributed by atoms with Crippen LogP contribution in [0.2, 0.25) is 0 Å². The highest BCUT2D eigenvalue weighted by molar-refractivity contribution is 5.76. The summed E-state index contributed by atoms with van der Waals surface area (Å²) in [6, 6.07) is -0.547. The standard InChI is InChI=1S/C69H131NO5/c1-3-5-7-9-11-13-15-17-19-20-21-22-24-27-30-34-37-41-45-49-53-57-61-67(72)66(65-71)70-68(73)62-58-54-50-46-42-38-35-31-28-25-23-26-29-32-36-40-44-48-52-56-60-64-75-69(74)63-59-55-51-47-43-39-33-18-16-14-12-10-8-6-4-2/h18,33,40,44,52,56,66-67,71-72H,3-17,19-32,34-39,41-43,45-51,53-55,57-65H2,1-2H3,(H,70,73)/b33-18-,44-40-,56-52-. The van der Waals surface area contributed by atoms with Crippen molar-refractivity contribution in [1.29, 1.82) is 0 Å². The SMILES string of the molecule is CCCCCCCC/C=C\CCCCCCCC(=O)OCC/C=C\C/C=C\CCCCCCCCCCCCCCCCC(=O)NC(CO)C(O)CCCCCCCCCCCCCCCCCCCCCCCC. The Morgan fingerprint density at radius 1 is 0.373 bits per heavy atom. The zero-order valence-corrected chi connectivity index (χ0v) is 50.5. The van der Waals surface area contributed by atoms with E-state index >= 15 is 0 Å². The second kappa shape index (κ2) is 64.6. The van der Waals surface area contributed by atoms with Gasteiger partial charge >= 0.3 is 5.97 Å². The number of nitrogens with one attached hydrogen (secondary N) is 1. The van der Waals surface area contributed by atoms with Gasteiger partial charge in [0.05, 0.1) is 25.4 Å². The quantitative estimate of drug-likeness (QED) is 0.0320. The van der Waals surface area contributed by atoms with Gasteiger partial charge in [0.15, 0.2) is 0 Å². The van der Waals surface area contributed by atoms with E-state index in [0.717, 1.165) is 51.4 Å². The molecule has 0 aliphatic rings. The molecule has 2 atom stereocenters. The van der Waals surface area contributed by atoms with Crippen LogP contribution in [0.3, 0.4) is 0 Å². The molecule has 0 aromatic rings. The third-order valence-electron chi connectivity index (χ3n) is 15.7. The summed E-state index contributed by atoms with van der Waals surface area (Å²) in [5, 5.41) is 23.4. The molecule has 2 unspecified atom stereocenters. The lowest BCUT2D eigenvalue weighted by molar-refractivity contribution is -0.143. The molecule has 75 heavy (non-hydrogen) atoms. The number of aliphatic hydroxyl groups is 2. The molecule has 442 valence electrons. The fraction of sp³-hybridized carbons (Fsp3) is 0.884. The highest BCUT2D eigenvalue weighted by atomic mass is 16.5. The van der Waals surface area contributed by atoms with Crippen LogP contribution in [0, 0.1) is 0 Å². The first kappa shape index (κ1) is 73.1. The van der Waals surface area contributed by atoms with Crippen molar-refractivity contribution in [2.45, 2.75) is 379 Å².